The third-order valence-corrected chi connectivity index (χ3v) is 5.66. The first-order chi connectivity index (χ1) is 16.0. The molecular formula is C24H26F2N6O2. The lowest BCUT2D eigenvalue weighted by molar-refractivity contribution is -0.120. The fraction of sp³-hybridized carbons (Fsp3) is 0.292. The number of hydrogen-bond acceptors (Lipinski definition) is 4. The number of halogens is 2. The highest BCUT2D eigenvalue weighted by Crippen LogP contribution is 2.28. The number of fused-ring (bicyclic) bond motifs is 1. The van der Waals surface area contributed by atoms with Crippen molar-refractivity contribution in [3.05, 3.63) is 70.9 Å². The summed E-state index contributed by atoms with van der Waals surface area (Å²) >= 11 is 0. The van der Waals surface area contributed by atoms with Crippen LogP contribution in [0.3, 0.4) is 0 Å². The monoisotopic (exact) mass is 468 g/mol. The second-order valence-electron chi connectivity index (χ2n) is 9.25. The number of amides is 3. The zero-order valence-corrected chi connectivity index (χ0v) is 19.1. The van der Waals surface area contributed by atoms with Crippen molar-refractivity contribution in [2.75, 3.05) is 10.6 Å². The number of nitrogens with one attached hydrogen (secondary N) is 3. The third-order valence-electron chi connectivity index (χ3n) is 5.66. The molecule has 34 heavy (non-hydrogen) atoms. The summed E-state index contributed by atoms with van der Waals surface area (Å²) in [4.78, 5) is 24.1. The van der Waals surface area contributed by atoms with E-state index in [1.165, 1.54) is 12.1 Å². The molecule has 0 saturated carbocycles. The van der Waals surface area contributed by atoms with Crippen molar-refractivity contribution in [1.82, 2.24) is 15.1 Å². The highest BCUT2D eigenvalue weighted by atomic mass is 19.2. The molecule has 3 amide bonds. The Morgan fingerprint density at radius 3 is 2.59 bits per heavy atom. The maximum absolute atomic E-state index is 14.0. The highest BCUT2D eigenvalue weighted by molar-refractivity contribution is 5.99. The molecule has 178 valence electrons. The zero-order valence-electron chi connectivity index (χ0n) is 19.1. The van der Waals surface area contributed by atoms with Gasteiger partial charge in [0.25, 0.3) is 0 Å². The van der Waals surface area contributed by atoms with Crippen molar-refractivity contribution in [2.24, 2.45) is 5.73 Å². The van der Waals surface area contributed by atoms with Gasteiger partial charge in [0.15, 0.2) is 11.6 Å². The van der Waals surface area contributed by atoms with Crippen LogP contribution in [-0.4, -0.2) is 27.8 Å². The van der Waals surface area contributed by atoms with Crippen LogP contribution in [0, 0.1) is 11.6 Å². The first kappa shape index (κ1) is 23.4. The second kappa shape index (κ2) is 8.86. The molecule has 2 heterocycles. The fourth-order valence-electron chi connectivity index (χ4n) is 3.74. The van der Waals surface area contributed by atoms with E-state index < -0.39 is 29.6 Å². The molecule has 0 saturated heterocycles. The molecule has 5 N–H and O–H groups in total. The molecule has 2 aromatic carbocycles. The summed E-state index contributed by atoms with van der Waals surface area (Å²) in [5, 5.41) is 12.8. The number of anilines is 2. The van der Waals surface area contributed by atoms with E-state index in [1.54, 1.807) is 10.7 Å². The summed E-state index contributed by atoms with van der Waals surface area (Å²) < 4.78 is 29.1. The topological polar surface area (TPSA) is 114 Å². The second-order valence-corrected chi connectivity index (χ2v) is 9.25. The Labute approximate surface area is 195 Å². The van der Waals surface area contributed by atoms with Crippen LogP contribution >= 0.6 is 0 Å². The molecule has 1 atom stereocenters. The molecule has 8 nitrogen and oxygen atoms in total. The highest BCUT2D eigenvalue weighted by Gasteiger charge is 2.25. The molecule has 1 aliphatic rings. The van der Waals surface area contributed by atoms with Gasteiger partial charge in [0.1, 0.15) is 5.82 Å². The Morgan fingerprint density at radius 2 is 1.88 bits per heavy atom. The predicted molar refractivity (Wildman–Crippen MR) is 125 cm³/mol. The Balaban J connectivity index is 1.64. The van der Waals surface area contributed by atoms with Gasteiger partial charge in [0.05, 0.1) is 23.1 Å². The normalized spacial score (nSPS) is 15.5. The minimum atomic E-state index is -1.14. The molecule has 3 aromatic rings. The number of rotatable bonds is 4. The van der Waals surface area contributed by atoms with Crippen LogP contribution < -0.4 is 21.7 Å². The summed E-state index contributed by atoms with van der Waals surface area (Å²) in [7, 11) is 0. The fourth-order valence-corrected chi connectivity index (χ4v) is 3.74. The van der Waals surface area contributed by atoms with Crippen LogP contribution in [-0.2, 0) is 23.2 Å². The van der Waals surface area contributed by atoms with Gasteiger partial charge in [-0.3, -0.25) is 10.1 Å². The van der Waals surface area contributed by atoms with Gasteiger partial charge in [-0.25, -0.2) is 18.3 Å². The van der Waals surface area contributed by atoms with Crippen LogP contribution in [0.15, 0.2) is 42.5 Å². The van der Waals surface area contributed by atoms with E-state index in [9.17, 15) is 18.4 Å². The van der Waals surface area contributed by atoms with Crippen molar-refractivity contribution in [1.29, 1.82) is 0 Å². The SMILES string of the molecule is CC(C)(C)c1cc(NC(=O)Nc2cccc(F)c2F)n(-c2ccc3c(c2)CNC(C(N)=O)C3)n1. The van der Waals surface area contributed by atoms with E-state index in [0.29, 0.717) is 24.5 Å². The van der Waals surface area contributed by atoms with E-state index in [1.807, 2.05) is 39.0 Å². The minimum absolute atomic E-state index is 0.275. The van der Waals surface area contributed by atoms with Crippen molar-refractivity contribution in [2.45, 2.75) is 45.2 Å². The standard InChI is InChI=1S/C24H26F2N6O2/c1-24(2,3)19-11-20(30-23(34)29-17-6-4-5-16(25)21(17)26)32(31-19)15-8-7-13-10-18(22(27)33)28-12-14(13)9-15/h4-9,11,18,28H,10,12H2,1-3H3,(H2,27,33)(H2,29,30,34). The first-order valence-corrected chi connectivity index (χ1v) is 10.8. The Morgan fingerprint density at radius 1 is 1.12 bits per heavy atom. The number of urea groups is 1. The number of carbonyl (C=O) groups excluding carboxylic acids is 2. The third kappa shape index (κ3) is 4.76. The zero-order chi connectivity index (χ0) is 24.6. The van der Waals surface area contributed by atoms with E-state index in [-0.39, 0.29) is 11.1 Å². The molecule has 1 unspecified atom stereocenters. The summed E-state index contributed by atoms with van der Waals surface area (Å²) in [6.45, 7) is 6.44. The van der Waals surface area contributed by atoms with Gasteiger partial charge in [-0.2, -0.15) is 5.10 Å². The number of nitrogens with two attached hydrogens (primary N) is 1. The molecule has 1 aliphatic heterocycles. The average molecular weight is 469 g/mol. The lowest BCUT2D eigenvalue weighted by Crippen LogP contribution is -2.45. The van der Waals surface area contributed by atoms with Crippen LogP contribution in [0.2, 0.25) is 0 Å². The predicted octanol–water partition coefficient (Wildman–Crippen LogP) is 3.59. The summed E-state index contributed by atoms with van der Waals surface area (Å²) in [6.07, 6.45) is 0.490. The number of hydrogen-bond donors (Lipinski definition) is 4. The number of carbonyl (C=O) groups is 2. The molecular weight excluding hydrogens is 442 g/mol. The lowest BCUT2D eigenvalue weighted by Gasteiger charge is -2.24. The van der Waals surface area contributed by atoms with Crippen LogP contribution in [0.5, 0.6) is 0 Å². The number of benzene rings is 2. The molecule has 0 radical (unpaired) electrons. The van der Waals surface area contributed by atoms with E-state index in [4.69, 9.17) is 5.73 Å². The van der Waals surface area contributed by atoms with Crippen LogP contribution in [0.4, 0.5) is 25.1 Å². The summed E-state index contributed by atoms with van der Waals surface area (Å²) in [6, 6.07) is 9.81. The van der Waals surface area contributed by atoms with E-state index >= 15 is 0 Å². The van der Waals surface area contributed by atoms with Gasteiger partial charge in [-0.1, -0.05) is 32.9 Å². The molecule has 0 aliphatic carbocycles. The van der Waals surface area contributed by atoms with E-state index in [0.717, 1.165) is 22.9 Å². The van der Waals surface area contributed by atoms with Crippen LogP contribution in [0.1, 0.15) is 37.6 Å². The van der Waals surface area contributed by atoms with Gasteiger partial charge in [0, 0.05) is 18.0 Å². The van der Waals surface area contributed by atoms with Crippen molar-refractivity contribution >= 4 is 23.4 Å². The maximum Gasteiger partial charge on any atom is 0.324 e. The largest absolute Gasteiger partial charge is 0.368 e. The quantitative estimate of drug-likeness (QED) is 0.469. The molecule has 0 bridgehead atoms. The number of aromatic nitrogens is 2. The molecule has 4 rings (SSSR count). The average Bonchev–Trinajstić information content (AvgIpc) is 3.20. The van der Waals surface area contributed by atoms with Gasteiger partial charge in [-0.05, 0) is 41.8 Å². The van der Waals surface area contributed by atoms with Gasteiger partial charge < -0.3 is 16.4 Å². The Hall–Kier alpha value is -3.79. The van der Waals surface area contributed by atoms with Crippen molar-refractivity contribution in [3.8, 4) is 5.69 Å². The summed E-state index contributed by atoms with van der Waals surface area (Å²) in [5.74, 6) is -2.24. The van der Waals surface area contributed by atoms with Crippen LogP contribution in [0.25, 0.3) is 5.69 Å². The molecule has 10 heteroatoms. The first-order valence-electron chi connectivity index (χ1n) is 10.8. The van der Waals surface area contributed by atoms with Gasteiger partial charge in [0.2, 0.25) is 5.91 Å². The van der Waals surface area contributed by atoms with Gasteiger partial charge in [-0.15, -0.1) is 0 Å². The smallest absolute Gasteiger partial charge is 0.324 e. The molecule has 0 fully saturated rings. The number of primary amides is 1. The van der Waals surface area contributed by atoms with Crippen molar-refractivity contribution in [3.63, 3.8) is 0 Å². The minimum Gasteiger partial charge on any atom is -0.368 e. The van der Waals surface area contributed by atoms with Gasteiger partial charge >= 0.3 is 6.03 Å². The van der Waals surface area contributed by atoms with E-state index in [2.05, 4.69) is 21.0 Å². The Bertz CT molecular complexity index is 1260. The van der Waals surface area contributed by atoms with Crippen molar-refractivity contribution < 1.29 is 18.4 Å². The molecule has 0 spiro atoms. The molecule has 1 aromatic heterocycles. The number of nitrogens with zero attached hydrogens (tertiary/aromatic N) is 2. The summed E-state index contributed by atoms with van der Waals surface area (Å²) in [5.41, 5.74) is 8.25. The lowest BCUT2D eigenvalue weighted by atomic mass is 9.92. The Kier molecular flexibility index (Phi) is 6.09. The maximum atomic E-state index is 14.0.